The van der Waals surface area contributed by atoms with Crippen molar-refractivity contribution in [3.8, 4) is 5.75 Å². The maximum Gasteiger partial charge on any atom is 0.230 e. The summed E-state index contributed by atoms with van der Waals surface area (Å²) in [5.74, 6) is 1.12. The average Bonchev–Trinajstić information content (AvgIpc) is 2.95. The van der Waals surface area contributed by atoms with Crippen molar-refractivity contribution >= 4 is 39.8 Å². The number of hydrogen-bond donors (Lipinski definition) is 2. The van der Waals surface area contributed by atoms with E-state index in [4.69, 9.17) is 4.74 Å². The Hall–Kier alpha value is -1.80. The molecule has 8 heteroatoms. The van der Waals surface area contributed by atoms with Crippen LogP contribution >= 0.6 is 23.1 Å². The van der Waals surface area contributed by atoms with Crippen LogP contribution in [0.15, 0.2) is 28.6 Å². The van der Waals surface area contributed by atoms with Gasteiger partial charge in [0.05, 0.1) is 18.0 Å². The first kappa shape index (κ1) is 16.6. The Morgan fingerprint density at radius 1 is 1.32 bits per heavy atom. The summed E-state index contributed by atoms with van der Waals surface area (Å²) in [6.45, 7) is 5.07. The van der Waals surface area contributed by atoms with Crippen LogP contribution in [0.3, 0.4) is 0 Å². The number of ether oxygens (including phenoxy) is 1. The van der Waals surface area contributed by atoms with Gasteiger partial charge in [-0.1, -0.05) is 35.2 Å². The molecular weight excluding hydrogens is 320 g/mol. The van der Waals surface area contributed by atoms with Gasteiger partial charge in [-0.15, -0.1) is 10.2 Å². The van der Waals surface area contributed by atoms with E-state index < -0.39 is 0 Å². The molecule has 1 amide bonds. The Balaban J connectivity index is 1.96. The molecule has 22 heavy (non-hydrogen) atoms. The third-order valence-corrected chi connectivity index (χ3v) is 4.51. The summed E-state index contributed by atoms with van der Waals surface area (Å²) in [6, 6.07) is 7.67. The molecule has 1 heterocycles. The molecule has 0 atom stereocenters. The molecule has 2 N–H and O–H groups in total. The number of nitrogens with zero attached hydrogens (tertiary/aromatic N) is 2. The fraction of sp³-hybridized carbons (Fsp3) is 0.357. The first-order valence-electron chi connectivity index (χ1n) is 6.94. The van der Waals surface area contributed by atoms with Crippen LogP contribution in [0.2, 0.25) is 0 Å². The van der Waals surface area contributed by atoms with Gasteiger partial charge < -0.3 is 15.4 Å². The standard InChI is InChI=1S/C14H18N4O2S2/c1-3-15-12(19)9-21-14-18-17-13(22-14)16-10-7-5-6-8-11(10)20-4-2/h5-8H,3-4,9H2,1-2H3,(H,15,19)(H,16,17). The highest BCUT2D eigenvalue weighted by molar-refractivity contribution is 8.01. The summed E-state index contributed by atoms with van der Waals surface area (Å²) < 4.78 is 6.31. The van der Waals surface area contributed by atoms with Crippen LogP contribution in [0.5, 0.6) is 5.75 Å². The number of rotatable bonds is 8. The van der Waals surface area contributed by atoms with Gasteiger partial charge in [-0.05, 0) is 26.0 Å². The topological polar surface area (TPSA) is 76.1 Å². The Morgan fingerprint density at radius 2 is 2.14 bits per heavy atom. The number of carbonyl (C=O) groups is 1. The fourth-order valence-corrected chi connectivity index (χ4v) is 3.25. The summed E-state index contributed by atoms with van der Waals surface area (Å²) in [4.78, 5) is 11.4. The highest BCUT2D eigenvalue weighted by Gasteiger charge is 2.09. The lowest BCUT2D eigenvalue weighted by atomic mass is 10.3. The molecule has 118 valence electrons. The smallest absolute Gasteiger partial charge is 0.230 e. The zero-order valence-electron chi connectivity index (χ0n) is 12.5. The molecule has 2 aromatic rings. The van der Waals surface area contributed by atoms with E-state index in [0.29, 0.717) is 24.0 Å². The van der Waals surface area contributed by atoms with Crippen molar-refractivity contribution in [1.29, 1.82) is 0 Å². The number of hydrogen-bond acceptors (Lipinski definition) is 7. The second kappa shape index (κ2) is 8.60. The molecule has 1 aromatic heterocycles. The summed E-state index contributed by atoms with van der Waals surface area (Å²) >= 11 is 2.78. The molecule has 0 spiro atoms. The molecule has 6 nitrogen and oxygen atoms in total. The van der Waals surface area contributed by atoms with Gasteiger partial charge in [0.1, 0.15) is 5.75 Å². The Labute approximate surface area is 137 Å². The van der Waals surface area contributed by atoms with Crippen molar-refractivity contribution in [3.63, 3.8) is 0 Å². The number of thioether (sulfide) groups is 1. The highest BCUT2D eigenvalue weighted by Crippen LogP contribution is 2.31. The van der Waals surface area contributed by atoms with Crippen LogP contribution in [0.4, 0.5) is 10.8 Å². The molecule has 0 saturated carbocycles. The molecule has 0 fully saturated rings. The first-order valence-corrected chi connectivity index (χ1v) is 8.75. The lowest BCUT2D eigenvalue weighted by Crippen LogP contribution is -2.24. The van der Waals surface area contributed by atoms with Crippen LogP contribution in [-0.2, 0) is 4.79 Å². The minimum Gasteiger partial charge on any atom is -0.492 e. The number of anilines is 2. The Kier molecular flexibility index (Phi) is 6.47. The van der Waals surface area contributed by atoms with Crippen LogP contribution in [0.25, 0.3) is 0 Å². The minimum atomic E-state index is -0.00102. The maximum absolute atomic E-state index is 11.4. The zero-order chi connectivity index (χ0) is 15.8. The van der Waals surface area contributed by atoms with E-state index in [1.165, 1.54) is 23.1 Å². The Bertz CT molecular complexity index is 618. The van der Waals surface area contributed by atoms with E-state index >= 15 is 0 Å². The quantitative estimate of drug-likeness (QED) is 0.721. The van der Waals surface area contributed by atoms with Gasteiger partial charge >= 0.3 is 0 Å². The van der Waals surface area contributed by atoms with Gasteiger partial charge in [-0.2, -0.15) is 0 Å². The van der Waals surface area contributed by atoms with E-state index in [-0.39, 0.29) is 5.91 Å². The van der Waals surface area contributed by atoms with Crippen LogP contribution in [0, 0.1) is 0 Å². The highest BCUT2D eigenvalue weighted by atomic mass is 32.2. The van der Waals surface area contributed by atoms with Crippen LogP contribution in [0.1, 0.15) is 13.8 Å². The number of benzene rings is 1. The van der Waals surface area contributed by atoms with Crippen LogP contribution < -0.4 is 15.4 Å². The molecular formula is C14H18N4O2S2. The molecule has 2 rings (SSSR count). The van der Waals surface area contributed by atoms with Gasteiger partial charge in [0.2, 0.25) is 11.0 Å². The fourth-order valence-electron chi connectivity index (χ4n) is 1.66. The van der Waals surface area contributed by atoms with Crippen molar-refractivity contribution in [2.75, 3.05) is 24.2 Å². The number of para-hydroxylation sites is 2. The Morgan fingerprint density at radius 3 is 2.91 bits per heavy atom. The normalized spacial score (nSPS) is 10.3. The second-order valence-electron chi connectivity index (χ2n) is 4.17. The molecule has 0 bridgehead atoms. The number of amides is 1. The molecule has 0 unspecified atom stereocenters. The lowest BCUT2D eigenvalue weighted by molar-refractivity contribution is -0.118. The summed E-state index contributed by atoms with van der Waals surface area (Å²) in [6.07, 6.45) is 0. The minimum absolute atomic E-state index is 0.00102. The van der Waals surface area contributed by atoms with Crippen molar-refractivity contribution in [2.24, 2.45) is 0 Å². The summed E-state index contributed by atoms with van der Waals surface area (Å²) in [7, 11) is 0. The molecule has 0 saturated heterocycles. The first-order chi connectivity index (χ1) is 10.7. The SMILES string of the molecule is CCNC(=O)CSc1nnc(Nc2ccccc2OCC)s1. The second-order valence-corrected chi connectivity index (χ2v) is 6.37. The van der Waals surface area contributed by atoms with E-state index in [1.807, 2.05) is 38.1 Å². The molecule has 0 aliphatic carbocycles. The van der Waals surface area contributed by atoms with Crippen molar-refractivity contribution in [1.82, 2.24) is 15.5 Å². The van der Waals surface area contributed by atoms with Crippen LogP contribution in [-0.4, -0.2) is 35.0 Å². The van der Waals surface area contributed by atoms with Gasteiger partial charge in [0.25, 0.3) is 0 Å². The third kappa shape index (κ3) is 4.88. The zero-order valence-corrected chi connectivity index (χ0v) is 14.1. The largest absolute Gasteiger partial charge is 0.492 e. The van der Waals surface area contributed by atoms with Gasteiger partial charge in [0.15, 0.2) is 4.34 Å². The van der Waals surface area contributed by atoms with E-state index in [2.05, 4.69) is 20.8 Å². The number of carbonyl (C=O) groups excluding carboxylic acids is 1. The molecule has 1 aromatic carbocycles. The van der Waals surface area contributed by atoms with Crippen molar-refractivity contribution in [3.05, 3.63) is 24.3 Å². The van der Waals surface area contributed by atoms with Gasteiger partial charge in [-0.25, -0.2) is 0 Å². The third-order valence-electron chi connectivity index (χ3n) is 2.54. The summed E-state index contributed by atoms with van der Waals surface area (Å²) in [5.41, 5.74) is 0.848. The van der Waals surface area contributed by atoms with E-state index in [1.54, 1.807) is 0 Å². The summed E-state index contributed by atoms with van der Waals surface area (Å²) in [5, 5.41) is 14.8. The van der Waals surface area contributed by atoms with Crippen molar-refractivity contribution < 1.29 is 9.53 Å². The van der Waals surface area contributed by atoms with Crippen molar-refractivity contribution in [2.45, 2.75) is 18.2 Å². The van der Waals surface area contributed by atoms with E-state index in [9.17, 15) is 4.79 Å². The number of nitrogens with one attached hydrogen (secondary N) is 2. The predicted molar refractivity (Wildman–Crippen MR) is 90.2 cm³/mol. The predicted octanol–water partition coefficient (Wildman–Crippen LogP) is 2.91. The van der Waals surface area contributed by atoms with Gasteiger partial charge in [0, 0.05) is 6.54 Å². The van der Waals surface area contributed by atoms with E-state index in [0.717, 1.165) is 15.8 Å². The molecule has 0 aliphatic heterocycles. The maximum atomic E-state index is 11.4. The monoisotopic (exact) mass is 338 g/mol. The molecule has 0 aliphatic rings. The lowest BCUT2D eigenvalue weighted by Gasteiger charge is -2.09. The molecule has 0 radical (unpaired) electrons. The average molecular weight is 338 g/mol. The number of aromatic nitrogens is 2. The van der Waals surface area contributed by atoms with Gasteiger partial charge in [-0.3, -0.25) is 4.79 Å².